The van der Waals surface area contributed by atoms with Crippen molar-refractivity contribution < 1.29 is 9.53 Å². The SMILES string of the molecule is COc1ccc(C2CCCN2C(=O)CCc2ccccc2N)cc1.Cl. The molecule has 1 aliphatic heterocycles. The highest BCUT2D eigenvalue weighted by Gasteiger charge is 2.29. The molecule has 1 fully saturated rings. The van der Waals surface area contributed by atoms with Crippen LogP contribution in [-0.4, -0.2) is 24.5 Å². The zero-order valence-corrected chi connectivity index (χ0v) is 15.3. The number of methoxy groups -OCH3 is 1. The number of aryl methyl sites for hydroxylation is 1. The number of anilines is 1. The predicted octanol–water partition coefficient (Wildman–Crippen LogP) is 4.00. The average Bonchev–Trinajstić information content (AvgIpc) is 3.10. The van der Waals surface area contributed by atoms with Crippen LogP contribution in [0.2, 0.25) is 0 Å². The summed E-state index contributed by atoms with van der Waals surface area (Å²) in [6, 6.07) is 16.0. The predicted molar refractivity (Wildman–Crippen MR) is 103 cm³/mol. The van der Waals surface area contributed by atoms with Crippen molar-refractivity contribution in [3.63, 3.8) is 0 Å². The molecule has 5 heteroatoms. The third kappa shape index (κ3) is 4.45. The molecule has 0 spiro atoms. The number of nitrogens with two attached hydrogens (primary N) is 1. The van der Waals surface area contributed by atoms with Crippen LogP contribution in [0.5, 0.6) is 5.75 Å². The first-order valence-corrected chi connectivity index (χ1v) is 8.46. The molecule has 4 nitrogen and oxygen atoms in total. The van der Waals surface area contributed by atoms with Crippen LogP contribution in [0, 0.1) is 0 Å². The number of benzene rings is 2. The van der Waals surface area contributed by atoms with Gasteiger partial charge < -0.3 is 15.4 Å². The largest absolute Gasteiger partial charge is 0.497 e. The molecule has 2 aromatic rings. The molecule has 134 valence electrons. The quantitative estimate of drug-likeness (QED) is 0.820. The number of likely N-dealkylation sites (tertiary alicyclic amines) is 1. The number of rotatable bonds is 5. The van der Waals surface area contributed by atoms with Gasteiger partial charge in [0.15, 0.2) is 0 Å². The number of nitrogen functional groups attached to an aromatic ring is 1. The van der Waals surface area contributed by atoms with Crippen LogP contribution in [-0.2, 0) is 11.2 Å². The van der Waals surface area contributed by atoms with Crippen molar-refractivity contribution in [2.24, 2.45) is 0 Å². The van der Waals surface area contributed by atoms with Gasteiger partial charge in [0.05, 0.1) is 13.2 Å². The molecule has 1 heterocycles. The molecule has 0 aliphatic carbocycles. The molecule has 0 radical (unpaired) electrons. The summed E-state index contributed by atoms with van der Waals surface area (Å²) >= 11 is 0. The van der Waals surface area contributed by atoms with Crippen LogP contribution < -0.4 is 10.5 Å². The van der Waals surface area contributed by atoms with Crippen LogP contribution in [0.15, 0.2) is 48.5 Å². The lowest BCUT2D eigenvalue weighted by Crippen LogP contribution is -2.30. The summed E-state index contributed by atoms with van der Waals surface area (Å²) < 4.78 is 5.21. The van der Waals surface area contributed by atoms with Crippen molar-refractivity contribution >= 4 is 24.0 Å². The topological polar surface area (TPSA) is 55.6 Å². The fourth-order valence-electron chi connectivity index (χ4n) is 3.38. The van der Waals surface area contributed by atoms with Crippen molar-refractivity contribution in [3.8, 4) is 5.75 Å². The van der Waals surface area contributed by atoms with Crippen molar-refractivity contribution in [1.29, 1.82) is 0 Å². The molecule has 0 aromatic heterocycles. The van der Waals surface area contributed by atoms with Gasteiger partial charge in [-0.2, -0.15) is 0 Å². The van der Waals surface area contributed by atoms with E-state index in [0.29, 0.717) is 12.8 Å². The van der Waals surface area contributed by atoms with Crippen LogP contribution in [0.3, 0.4) is 0 Å². The van der Waals surface area contributed by atoms with E-state index in [1.807, 2.05) is 41.3 Å². The molecule has 2 N–H and O–H groups in total. The van der Waals surface area contributed by atoms with E-state index in [1.54, 1.807) is 7.11 Å². The van der Waals surface area contributed by atoms with Crippen molar-refractivity contribution in [2.45, 2.75) is 31.7 Å². The van der Waals surface area contributed by atoms with Gasteiger partial charge in [0.25, 0.3) is 0 Å². The van der Waals surface area contributed by atoms with Gasteiger partial charge in [-0.1, -0.05) is 30.3 Å². The van der Waals surface area contributed by atoms with E-state index >= 15 is 0 Å². The van der Waals surface area contributed by atoms with E-state index in [0.717, 1.165) is 36.4 Å². The fraction of sp³-hybridized carbons (Fsp3) is 0.350. The summed E-state index contributed by atoms with van der Waals surface area (Å²) in [4.78, 5) is 14.7. The average molecular weight is 361 g/mol. The first-order valence-electron chi connectivity index (χ1n) is 8.46. The summed E-state index contributed by atoms with van der Waals surface area (Å²) in [7, 11) is 1.66. The lowest BCUT2D eigenvalue weighted by atomic mass is 10.0. The zero-order valence-electron chi connectivity index (χ0n) is 14.5. The summed E-state index contributed by atoms with van der Waals surface area (Å²) in [5, 5.41) is 0. The van der Waals surface area contributed by atoms with E-state index in [1.165, 1.54) is 5.56 Å². The zero-order chi connectivity index (χ0) is 16.9. The molecule has 25 heavy (non-hydrogen) atoms. The number of amides is 1. The highest BCUT2D eigenvalue weighted by atomic mass is 35.5. The van der Waals surface area contributed by atoms with Gasteiger partial charge in [-0.15, -0.1) is 12.4 Å². The van der Waals surface area contributed by atoms with Crippen molar-refractivity contribution in [2.75, 3.05) is 19.4 Å². The van der Waals surface area contributed by atoms with Crippen LogP contribution in [0.1, 0.15) is 36.4 Å². The second-order valence-corrected chi connectivity index (χ2v) is 6.22. The number of nitrogens with zero attached hydrogens (tertiary/aromatic N) is 1. The van der Waals surface area contributed by atoms with Gasteiger partial charge in [-0.05, 0) is 48.6 Å². The highest BCUT2D eigenvalue weighted by Crippen LogP contribution is 2.33. The number of ether oxygens (including phenoxy) is 1. The number of carbonyl (C=O) groups excluding carboxylic acids is 1. The molecule has 0 bridgehead atoms. The van der Waals surface area contributed by atoms with Crippen LogP contribution in [0.25, 0.3) is 0 Å². The van der Waals surface area contributed by atoms with Crippen LogP contribution >= 0.6 is 12.4 Å². The van der Waals surface area contributed by atoms with E-state index in [2.05, 4.69) is 12.1 Å². The molecular weight excluding hydrogens is 336 g/mol. The molecule has 1 atom stereocenters. The minimum atomic E-state index is 0. The van der Waals surface area contributed by atoms with Crippen LogP contribution in [0.4, 0.5) is 5.69 Å². The Morgan fingerprint density at radius 1 is 1.20 bits per heavy atom. The van der Waals surface area contributed by atoms with E-state index < -0.39 is 0 Å². The Bertz CT molecular complexity index is 703. The Morgan fingerprint density at radius 2 is 1.92 bits per heavy atom. The lowest BCUT2D eigenvalue weighted by molar-refractivity contribution is -0.132. The summed E-state index contributed by atoms with van der Waals surface area (Å²) in [5.41, 5.74) is 8.96. The van der Waals surface area contributed by atoms with E-state index in [9.17, 15) is 4.79 Å². The van der Waals surface area contributed by atoms with E-state index in [-0.39, 0.29) is 24.4 Å². The van der Waals surface area contributed by atoms with E-state index in [4.69, 9.17) is 10.5 Å². The standard InChI is InChI=1S/C20H24N2O2.ClH/c1-24-17-11-8-16(9-12-17)19-7-4-14-22(19)20(23)13-10-15-5-2-3-6-18(15)21;/h2-3,5-6,8-9,11-12,19H,4,7,10,13-14,21H2,1H3;1H. The number of halogens is 1. The molecule has 0 saturated carbocycles. The van der Waals surface area contributed by atoms with Gasteiger partial charge in [-0.3, -0.25) is 4.79 Å². The number of para-hydroxylation sites is 1. The van der Waals surface area contributed by atoms with Crippen molar-refractivity contribution in [1.82, 2.24) is 4.90 Å². The van der Waals surface area contributed by atoms with Gasteiger partial charge in [0, 0.05) is 18.7 Å². The smallest absolute Gasteiger partial charge is 0.223 e. The minimum absolute atomic E-state index is 0. The Hall–Kier alpha value is -2.20. The molecule has 1 unspecified atom stereocenters. The molecular formula is C20H25ClN2O2. The third-order valence-electron chi connectivity index (χ3n) is 4.74. The molecule has 1 amide bonds. The maximum atomic E-state index is 12.7. The Morgan fingerprint density at radius 3 is 2.60 bits per heavy atom. The first kappa shape index (κ1) is 19.1. The molecule has 2 aromatic carbocycles. The lowest BCUT2D eigenvalue weighted by Gasteiger charge is -2.25. The summed E-state index contributed by atoms with van der Waals surface area (Å²) in [6.07, 6.45) is 3.26. The highest BCUT2D eigenvalue weighted by molar-refractivity contribution is 5.85. The summed E-state index contributed by atoms with van der Waals surface area (Å²) in [5.74, 6) is 1.05. The van der Waals surface area contributed by atoms with Gasteiger partial charge in [0.2, 0.25) is 5.91 Å². The second kappa shape index (κ2) is 8.77. The molecule has 1 aliphatic rings. The van der Waals surface area contributed by atoms with Gasteiger partial charge in [-0.25, -0.2) is 0 Å². The second-order valence-electron chi connectivity index (χ2n) is 6.22. The van der Waals surface area contributed by atoms with Crippen molar-refractivity contribution in [3.05, 3.63) is 59.7 Å². The Balaban J connectivity index is 0.00000225. The maximum absolute atomic E-state index is 12.7. The third-order valence-corrected chi connectivity index (χ3v) is 4.74. The maximum Gasteiger partial charge on any atom is 0.223 e. The number of hydrogen-bond donors (Lipinski definition) is 1. The Labute approximate surface area is 155 Å². The monoisotopic (exact) mass is 360 g/mol. The Kier molecular flexibility index (Phi) is 6.71. The molecule has 3 rings (SSSR count). The minimum Gasteiger partial charge on any atom is -0.497 e. The first-order chi connectivity index (χ1) is 11.7. The van der Waals surface area contributed by atoms with Gasteiger partial charge in [0.1, 0.15) is 5.75 Å². The number of carbonyl (C=O) groups is 1. The molecule has 1 saturated heterocycles. The fourth-order valence-corrected chi connectivity index (χ4v) is 3.38. The summed E-state index contributed by atoms with van der Waals surface area (Å²) in [6.45, 7) is 0.833. The van der Waals surface area contributed by atoms with Gasteiger partial charge >= 0.3 is 0 Å². The number of hydrogen-bond acceptors (Lipinski definition) is 3. The normalized spacial score (nSPS) is 16.4.